The molecule has 0 N–H and O–H groups in total. The van der Waals surface area contributed by atoms with Crippen LogP contribution in [0, 0.1) is 0 Å². The zero-order chi connectivity index (χ0) is 7.94. The van der Waals surface area contributed by atoms with Gasteiger partial charge in [-0.2, -0.15) is 0 Å². The van der Waals surface area contributed by atoms with E-state index in [9.17, 15) is 0 Å². The largest absolute Gasteiger partial charge is 0.293 e. The lowest BCUT2D eigenvalue weighted by molar-refractivity contribution is 0.916. The predicted molar refractivity (Wildman–Crippen MR) is 50.1 cm³/mol. The van der Waals surface area contributed by atoms with E-state index in [0.717, 1.165) is 6.54 Å². The summed E-state index contributed by atoms with van der Waals surface area (Å²) in [7, 11) is 0. The maximum atomic E-state index is 4.09. The first-order chi connectivity index (χ1) is 5.43. The van der Waals surface area contributed by atoms with Crippen molar-refractivity contribution in [1.82, 2.24) is 0 Å². The number of hydrogen-bond acceptors (Lipinski definition) is 1. The molecular weight excluding hydrogens is 134 g/mol. The summed E-state index contributed by atoms with van der Waals surface area (Å²) in [6.45, 7) is 2.92. The monoisotopic (exact) mass is 149 g/mol. The number of hydrogen-bond donors (Lipinski definition) is 0. The SMILES string of the molecule is CCN=C/C=C\C1=CCCC1. The van der Waals surface area contributed by atoms with E-state index in [1.54, 1.807) is 0 Å². The van der Waals surface area contributed by atoms with Crippen molar-refractivity contribution in [2.75, 3.05) is 6.54 Å². The molecule has 11 heavy (non-hydrogen) atoms. The van der Waals surface area contributed by atoms with E-state index in [2.05, 4.69) is 17.1 Å². The Balaban J connectivity index is 2.28. The van der Waals surface area contributed by atoms with Crippen LogP contribution in [0.5, 0.6) is 0 Å². The normalized spacial score (nSPS) is 18.5. The van der Waals surface area contributed by atoms with Crippen molar-refractivity contribution >= 4 is 6.21 Å². The quantitative estimate of drug-likeness (QED) is 0.547. The van der Waals surface area contributed by atoms with Crippen LogP contribution in [0.1, 0.15) is 26.2 Å². The standard InChI is InChI=1S/C10H15N/c1-2-11-9-5-8-10-6-3-4-7-10/h5-6,8-9H,2-4,7H2,1H3/b8-5-,11-9?. The molecule has 0 spiro atoms. The average molecular weight is 149 g/mol. The van der Waals surface area contributed by atoms with E-state index in [1.807, 2.05) is 19.2 Å². The van der Waals surface area contributed by atoms with Gasteiger partial charge in [0, 0.05) is 12.8 Å². The van der Waals surface area contributed by atoms with Crippen LogP contribution in [0.15, 0.2) is 28.8 Å². The van der Waals surface area contributed by atoms with Gasteiger partial charge in [0.15, 0.2) is 0 Å². The summed E-state index contributed by atoms with van der Waals surface area (Å²) in [5.74, 6) is 0. The third-order valence-electron chi connectivity index (χ3n) is 1.76. The van der Waals surface area contributed by atoms with E-state index in [1.165, 1.54) is 24.8 Å². The molecule has 1 aliphatic rings. The minimum Gasteiger partial charge on any atom is -0.293 e. The van der Waals surface area contributed by atoms with E-state index in [-0.39, 0.29) is 0 Å². The van der Waals surface area contributed by atoms with Crippen molar-refractivity contribution in [3.63, 3.8) is 0 Å². The summed E-state index contributed by atoms with van der Waals surface area (Å²) >= 11 is 0. The molecule has 0 bridgehead atoms. The minimum absolute atomic E-state index is 0.878. The van der Waals surface area contributed by atoms with Crippen LogP contribution in [-0.4, -0.2) is 12.8 Å². The molecule has 0 radical (unpaired) electrons. The number of aliphatic imine (C=N–C) groups is 1. The number of allylic oxidation sites excluding steroid dienone is 4. The predicted octanol–water partition coefficient (Wildman–Crippen LogP) is 2.74. The highest BCUT2D eigenvalue weighted by Crippen LogP contribution is 2.17. The Kier molecular flexibility index (Phi) is 3.67. The second-order valence-electron chi connectivity index (χ2n) is 2.68. The first kappa shape index (κ1) is 8.25. The lowest BCUT2D eigenvalue weighted by Crippen LogP contribution is -1.72. The Morgan fingerprint density at radius 1 is 1.64 bits per heavy atom. The third-order valence-corrected chi connectivity index (χ3v) is 1.76. The number of nitrogens with zero attached hydrogens (tertiary/aromatic N) is 1. The highest BCUT2D eigenvalue weighted by atomic mass is 14.7. The summed E-state index contributed by atoms with van der Waals surface area (Å²) in [5, 5.41) is 0. The van der Waals surface area contributed by atoms with Gasteiger partial charge in [0.1, 0.15) is 0 Å². The topological polar surface area (TPSA) is 12.4 Å². The summed E-state index contributed by atoms with van der Waals surface area (Å²) < 4.78 is 0. The molecule has 0 aromatic carbocycles. The fourth-order valence-corrected chi connectivity index (χ4v) is 1.18. The molecule has 1 aliphatic carbocycles. The smallest absolute Gasteiger partial charge is 0.0360 e. The molecule has 0 fully saturated rings. The molecule has 60 valence electrons. The lowest BCUT2D eigenvalue weighted by Gasteiger charge is -1.86. The van der Waals surface area contributed by atoms with Crippen molar-refractivity contribution in [2.45, 2.75) is 26.2 Å². The molecule has 0 aromatic heterocycles. The molecule has 0 atom stereocenters. The van der Waals surface area contributed by atoms with Crippen LogP contribution in [-0.2, 0) is 0 Å². The zero-order valence-corrected chi connectivity index (χ0v) is 7.09. The maximum Gasteiger partial charge on any atom is 0.0360 e. The fraction of sp³-hybridized carbons (Fsp3) is 0.500. The van der Waals surface area contributed by atoms with Crippen molar-refractivity contribution in [2.24, 2.45) is 4.99 Å². The zero-order valence-electron chi connectivity index (χ0n) is 7.09. The Morgan fingerprint density at radius 3 is 3.18 bits per heavy atom. The van der Waals surface area contributed by atoms with Crippen molar-refractivity contribution in [3.05, 3.63) is 23.8 Å². The Labute approximate surface area is 68.5 Å². The summed E-state index contributed by atoms with van der Waals surface area (Å²) in [6.07, 6.45) is 12.2. The van der Waals surface area contributed by atoms with E-state index in [0.29, 0.717) is 0 Å². The second kappa shape index (κ2) is 4.89. The van der Waals surface area contributed by atoms with Crippen LogP contribution < -0.4 is 0 Å². The van der Waals surface area contributed by atoms with Crippen molar-refractivity contribution in [3.8, 4) is 0 Å². The molecule has 1 rings (SSSR count). The average Bonchev–Trinajstić information content (AvgIpc) is 2.50. The van der Waals surface area contributed by atoms with Crippen molar-refractivity contribution < 1.29 is 0 Å². The molecule has 1 heteroatoms. The minimum atomic E-state index is 0.878. The third kappa shape index (κ3) is 3.17. The van der Waals surface area contributed by atoms with Gasteiger partial charge in [-0.25, -0.2) is 0 Å². The molecule has 0 saturated heterocycles. The molecule has 0 unspecified atom stereocenters. The highest BCUT2D eigenvalue weighted by Gasteiger charge is 1.98. The fourth-order valence-electron chi connectivity index (χ4n) is 1.18. The van der Waals surface area contributed by atoms with Crippen LogP contribution in [0.25, 0.3) is 0 Å². The Hall–Kier alpha value is -0.850. The van der Waals surface area contributed by atoms with E-state index < -0.39 is 0 Å². The van der Waals surface area contributed by atoms with Gasteiger partial charge >= 0.3 is 0 Å². The van der Waals surface area contributed by atoms with Gasteiger partial charge in [-0.1, -0.05) is 17.7 Å². The van der Waals surface area contributed by atoms with E-state index in [4.69, 9.17) is 0 Å². The van der Waals surface area contributed by atoms with Gasteiger partial charge < -0.3 is 0 Å². The summed E-state index contributed by atoms with van der Waals surface area (Å²) in [6, 6.07) is 0. The first-order valence-electron chi connectivity index (χ1n) is 4.29. The van der Waals surface area contributed by atoms with Gasteiger partial charge in [-0.3, -0.25) is 4.99 Å². The highest BCUT2D eigenvalue weighted by molar-refractivity contribution is 5.71. The first-order valence-corrected chi connectivity index (χ1v) is 4.29. The van der Waals surface area contributed by atoms with Gasteiger partial charge in [-0.05, 0) is 32.3 Å². The molecule has 0 amide bonds. The summed E-state index contributed by atoms with van der Waals surface area (Å²) in [5.41, 5.74) is 1.47. The molecule has 0 aliphatic heterocycles. The van der Waals surface area contributed by atoms with Crippen LogP contribution in [0.3, 0.4) is 0 Å². The van der Waals surface area contributed by atoms with E-state index >= 15 is 0 Å². The molecule has 0 saturated carbocycles. The molecule has 0 aromatic rings. The van der Waals surface area contributed by atoms with Gasteiger partial charge in [0.25, 0.3) is 0 Å². The van der Waals surface area contributed by atoms with Crippen LogP contribution in [0.4, 0.5) is 0 Å². The lowest BCUT2D eigenvalue weighted by atomic mass is 10.2. The van der Waals surface area contributed by atoms with Gasteiger partial charge in [0.2, 0.25) is 0 Å². The second-order valence-corrected chi connectivity index (χ2v) is 2.68. The van der Waals surface area contributed by atoms with Crippen LogP contribution >= 0.6 is 0 Å². The van der Waals surface area contributed by atoms with Crippen molar-refractivity contribution in [1.29, 1.82) is 0 Å². The molecule has 1 nitrogen and oxygen atoms in total. The Bertz CT molecular complexity index is 187. The van der Waals surface area contributed by atoms with Crippen LogP contribution in [0.2, 0.25) is 0 Å². The number of rotatable bonds is 3. The summed E-state index contributed by atoms with van der Waals surface area (Å²) in [4.78, 5) is 4.09. The van der Waals surface area contributed by atoms with Gasteiger partial charge in [0.05, 0.1) is 0 Å². The maximum absolute atomic E-state index is 4.09. The Morgan fingerprint density at radius 2 is 2.55 bits per heavy atom. The van der Waals surface area contributed by atoms with Gasteiger partial charge in [-0.15, -0.1) is 0 Å². The molecule has 0 heterocycles. The molecular formula is C10H15N.